The zero-order valence-electron chi connectivity index (χ0n) is 24.4. The Hall–Kier alpha value is -1.83. The fourth-order valence-corrected chi connectivity index (χ4v) is 9.81. The number of aliphatic hydroxyl groups is 3. The molecule has 7 nitrogen and oxygen atoms in total. The molecule has 4 saturated carbocycles. The first-order valence-corrected chi connectivity index (χ1v) is 15.1. The molecule has 218 valence electrons. The zero-order valence-corrected chi connectivity index (χ0v) is 24.4. The van der Waals surface area contributed by atoms with E-state index in [1.807, 2.05) is 0 Å². The largest absolute Gasteiger partial charge is 0.497 e. The van der Waals surface area contributed by atoms with Crippen LogP contribution in [0.1, 0.15) is 78.6 Å². The topological polar surface area (TPSA) is 108 Å². The molecule has 4 aliphatic carbocycles. The van der Waals surface area contributed by atoms with Gasteiger partial charge in [0.05, 0.1) is 38.2 Å². The molecule has 0 heterocycles. The highest BCUT2D eigenvalue weighted by molar-refractivity contribution is 5.92. The lowest BCUT2D eigenvalue weighted by Gasteiger charge is -2.63. The number of ether oxygens (including phenoxy) is 2. The molecule has 0 bridgehead atoms. The molecule has 11 atom stereocenters. The number of hydrogen-bond donors (Lipinski definition) is 4. The van der Waals surface area contributed by atoms with Crippen LogP contribution >= 0.6 is 0 Å². The first kappa shape index (κ1) is 28.7. The second kappa shape index (κ2) is 10.9. The van der Waals surface area contributed by atoms with Gasteiger partial charge < -0.3 is 30.1 Å². The number of benzene rings is 1. The zero-order chi connectivity index (χ0) is 28.1. The van der Waals surface area contributed by atoms with Crippen LogP contribution in [0, 0.1) is 46.3 Å². The molecule has 0 aromatic heterocycles. The van der Waals surface area contributed by atoms with Crippen LogP contribution in [-0.4, -0.2) is 53.8 Å². The van der Waals surface area contributed by atoms with E-state index in [-0.39, 0.29) is 46.7 Å². The molecule has 0 radical (unpaired) electrons. The van der Waals surface area contributed by atoms with Crippen LogP contribution in [0.5, 0.6) is 11.5 Å². The second-order valence-corrected chi connectivity index (χ2v) is 13.7. The van der Waals surface area contributed by atoms with Gasteiger partial charge in [-0.1, -0.05) is 20.8 Å². The normalized spacial score (nSPS) is 42.1. The molecule has 4 fully saturated rings. The van der Waals surface area contributed by atoms with Crippen molar-refractivity contribution >= 4 is 11.6 Å². The summed E-state index contributed by atoms with van der Waals surface area (Å²) in [5.74, 6) is 2.90. The van der Waals surface area contributed by atoms with E-state index in [9.17, 15) is 20.1 Å². The van der Waals surface area contributed by atoms with E-state index in [2.05, 4.69) is 26.1 Å². The highest BCUT2D eigenvalue weighted by atomic mass is 16.5. The molecule has 4 N–H and O–H groups in total. The summed E-state index contributed by atoms with van der Waals surface area (Å²) in [6.45, 7) is 6.87. The van der Waals surface area contributed by atoms with Crippen molar-refractivity contribution in [1.29, 1.82) is 0 Å². The van der Waals surface area contributed by atoms with Crippen LogP contribution in [0.2, 0.25) is 0 Å². The van der Waals surface area contributed by atoms with Crippen molar-refractivity contribution in [3.63, 3.8) is 0 Å². The van der Waals surface area contributed by atoms with Crippen LogP contribution in [0.4, 0.5) is 5.69 Å². The molecular weight excluding hydrogens is 494 g/mol. The van der Waals surface area contributed by atoms with Crippen LogP contribution in [0.15, 0.2) is 18.2 Å². The first-order chi connectivity index (χ1) is 18.5. The summed E-state index contributed by atoms with van der Waals surface area (Å²) >= 11 is 0. The molecule has 1 aromatic rings. The smallest absolute Gasteiger partial charge is 0.224 e. The molecule has 0 spiro atoms. The molecule has 1 aromatic carbocycles. The summed E-state index contributed by atoms with van der Waals surface area (Å²) in [7, 11) is 3.17. The number of methoxy groups -OCH3 is 2. The minimum absolute atomic E-state index is 0.0459. The van der Waals surface area contributed by atoms with Crippen molar-refractivity contribution in [2.45, 2.75) is 96.9 Å². The lowest BCUT2D eigenvalue weighted by atomic mass is 9.43. The number of fused-ring (bicyclic) bond motifs is 5. The van der Waals surface area contributed by atoms with Gasteiger partial charge in [0.1, 0.15) is 11.5 Å². The first-order valence-electron chi connectivity index (χ1n) is 15.1. The number of carbonyl (C=O) groups excluding carboxylic acids is 1. The van der Waals surface area contributed by atoms with Crippen LogP contribution in [0.25, 0.3) is 0 Å². The molecule has 5 rings (SSSR count). The Labute approximate surface area is 233 Å². The Bertz CT molecular complexity index is 1050. The van der Waals surface area contributed by atoms with E-state index in [1.54, 1.807) is 32.4 Å². The van der Waals surface area contributed by atoms with Gasteiger partial charge in [-0.25, -0.2) is 0 Å². The van der Waals surface area contributed by atoms with E-state index in [0.29, 0.717) is 41.4 Å². The van der Waals surface area contributed by atoms with Gasteiger partial charge in [0.2, 0.25) is 5.91 Å². The third-order valence-electron chi connectivity index (χ3n) is 12.0. The molecule has 39 heavy (non-hydrogen) atoms. The van der Waals surface area contributed by atoms with E-state index < -0.39 is 6.10 Å². The molecule has 0 unspecified atom stereocenters. The van der Waals surface area contributed by atoms with Gasteiger partial charge >= 0.3 is 0 Å². The van der Waals surface area contributed by atoms with Gasteiger partial charge in [0.25, 0.3) is 0 Å². The maximum absolute atomic E-state index is 12.9. The quantitative estimate of drug-likeness (QED) is 0.385. The Morgan fingerprint density at radius 3 is 2.54 bits per heavy atom. The standard InChI is InChI=1S/C32H49NO6/c1-18(6-11-29(37)33-25-10-7-21(38-4)16-27(25)39-5)22-8-9-23-30-24(17-28(36)32(22,23)3)31(2)13-12-20(34)14-19(31)15-26(30)35/h7,10,16,18-20,22-24,26,28,30,34-36H,6,8-9,11-15,17H2,1-5H3,(H,33,37)/t18-,19+,20-,22-,23+,24+,26-,28+,30+,31+,32-/m1/s1. The van der Waals surface area contributed by atoms with Gasteiger partial charge in [0.15, 0.2) is 0 Å². The fourth-order valence-electron chi connectivity index (χ4n) is 9.81. The average Bonchev–Trinajstić information content (AvgIpc) is 3.27. The van der Waals surface area contributed by atoms with Crippen molar-refractivity contribution in [3.8, 4) is 11.5 Å². The van der Waals surface area contributed by atoms with Crippen molar-refractivity contribution in [2.24, 2.45) is 46.3 Å². The molecule has 0 aliphatic heterocycles. The maximum Gasteiger partial charge on any atom is 0.224 e. The van der Waals surface area contributed by atoms with Crippen LogP contribution in [0.3, 0.4) is 0 Å². The van der Waals surface area contributed by atoms with E-state index >= 15 is 0 Å². The average molecular weight is 544 g/mol. The molecular formula is C32H49NO6. The highest BCUT2D eigenvalue weighted by Crippen LogP contribution is 2.68. The monoisotopic (exact) mass is 543 g/mol. The van der Waals surface area contributed by atoms with E-state index in [0.717, 1.165) is 51.4 Å². The van der Waals surface area contributed by atoms with Crippen LogP contribution < -0.4 is 14.8 Å². The molecule has 7 heteroatoms. The Balaban J connectivity index is 1.26. The number of nitrogens with one attached hydrogen (secondary N) is 1. The lowest BCUT2D eigenvalue weighted by Crippen LogP contribution is -2.62. The van der Waals surface area contributed by atoms with Gasteiger partial charge in [-0.3, -0.25) is 4.79 Å². The lowest BCUT2D eigenvalue weighted by molar-refractivity contribution is -0.207. The summed E-state index contributed by atoms with van der Waals surface area (Å²) in [6.07, 6.45) is 6.26. The van der Waals surface area contributed by atoms with Crippen molar-refractivity contribution in [1.82, 2.24) is 0 Å². The van der Waals surface area contributed by atoms with E-state index in [1.165, 1.54) is 0 Å². The predicted octanol–water partition coefficient (Wildman–Crippen LogP) is 5.02. The number of carbonyl (C=O) groups is 1. The third kappa shape index (κ3) is 4.87. The number of hydrogen-bond acceptors (Lipinski definition) is 6. The molecule has 0 saturated heterocycles. The summed E-state index contributed by atoms with van der Waals surface area (Å²) in [4.78, 5) is 12.9. The van der Waals surface area contributed by atoms with Crippen molar-refractivity contribution < 1.29 is 29.6 Å². The van der Waals surface area contributed by atoms with Gasteiger partial charge in [-0.2, -0.15) is 0 Å². The number of aliphatic hydroxyl groups excluding tert-OH is 3. The predicted molar refractivity (Wildman–Crippen MR) is 151 cm³/mol. The van der Waals surface area contributed by atoms with Crippen LogP contribution in [-0.2, 0) is 4.79 Å². The number of rotatable bonds is 7. The number of anilines is 1. The molecule has 4 aliphatic rings. The summed E-state index contributed by atoms with van der Waals surface area (Å²) in [5.41, 5.74) is 0.454. The third-order valence-corrected chi connectivity index (χ3v) is 12.0. The Kier molecular flexibility index (Phi) is 7.99. The van der Waals surface area contributed by atoms with Gasteiger partial charge in [-0.15, -0.1) is 0 Å². The van der Waals surface area contributed by atoms with Crippen molar-refractivity contribution in [3.05, 3.63) is 18.2 Å². The Morgan fingerprint density at radius 2 is 1.82 bits per heavy atom. The Morgan fingerprint density at radius 1 is 1.05 bits per heavy atom. The summed E-state index contributed by atoms with van der Waals surface area (Å²) in [6, 6.07) is 5.35. The van der Waals surface area contributed by atoms with Gasteiger partial charge in [-0.05, 0) is 110 Å². The number of amides is 1. The second-order valence-electron chi connectivity index (χ2n) is 13.7. The van der Waals surface area contributed by atoms with Gasteiger partial charge in [0, 0.05) is 12.5 Å². The molecule has 1 amide bonds. The minimum atomic E-state index is -0.411. The minimum Gasteiger partial charge on any atom is -0.497 e. The summed E-state index contributed by atoms with van der Waals surface area (Å²) in [5, 5.41) is 36.6. The summed E-state index contributed by atoms with van der Waals surface area (Å²) < 4.78 is 10.7. The SMILES string of the molecule is COc1ccc(NC(=O)CC[C@@H](C)[C@H]2CC[C@H]3[C@@H]4[C@H](O)C[C@@H]5C[C@H](O)CC[C@]5(C)[C@H]4C[C@H](O)[C@]23C)c(OC)c1. The fraction of sp³-hybridized carbons (Fsp3) is 0.781. The highest BCUT2D eigenvalue weighted by Gasteiger charge is 2.65. The maximum atomic E-state index is 12.9. The van der Waals surface area contributed by atoms with E-state index in [4.69, 9.17) is 9.47 Å². The van der Waals surface area contributed by atoms with Crippen molar-refractivity contribution in [2.75, 3.05) is 19.5 Å².